The third kappa shape index (κ3) is 4.13. The van der Waals surface area contributed by atoms with E-state index in [1.165, 1.54) is 5.56 Å². The zero-order valence-electron chi connectivity index (χ0n) is 16.4. The quantitative estimate of drug-likeness (QED) is 0.517. The number of fused-ring (bicyclic) bond motifs is 1. The van der Waals surface area contributed by atoms with E-state index in [0.29, 0.717) is 18.1 Å². The Bertz CT molecular complexity index is 1090. The van der Waals surface area contributed by atoms with E-state index >= 15 is 0 Å². The van der Waals surface area contributed by atoms with Gasteiger partial charge in [0.25, 0.3) is 0 Å². The van der Waals surface area contributed by atoms with Crippen LogP contribution < -0.4 is 4.74 Å². The molecule has 0 radical (unpaired) electrons. The summed E-state index contributed by atoms with van der Waals surface area (Å²) in [6.07, 6.45) is 0.786. The Morgan fingerprint density at radius 1 is 1.03 bits per heavy atom. The fraction of sp³-hybridized carbons (Fsp3) is 0.217. The van der Waals surface area contributed by atoms with Gasteiger partial charge in [-0.3, -0.25) is 4.57 Å². The first-order valence-electron chi connectivity index (χ1n) is 9.42. The van der Waals surface area contributed by atoms with Gasteiger partial charge in [0.1, 0.15) is 31.0 Å². The Labute approximate surface area is 169 Å². The van der Waals surface area contributed by atoms with Crippen molar-refractivity contribution in [3.63, 3.8) is 0 Å². The molecule has 0 saturated heterocycles. The van der Waals surface area contributed by atoms with Gasteiger partial charge in [-0.1, -0.05) is 42.0 Å². The molecule has 0 spiro atoms. The van der Waals surface area contributed by atoms with Gasteiger partial charge < -0.3 is 14.6 Å². The summed E-state index contributed by atoms with van der Waals surface area (Å²) in [5.41, 5.74) is 4.46. The summed E-state index contributed by atoms with van der Waals surface area (Å²) in [5.74, 6) is 1.24. The minimum absolute atomic E-state index is 0.284. The van der Waals surface area contributed by atoms with Crippen LogP contribution in [0.4, 0.5) is 0 Å². The van der Waals surface area contributed by atoms with Crippen LogP contribution in [0.3, 0.4) is 0 Å². The topological polar surface area (TPSA) is 69.4 Å². The molecule has 1 N–H and O–H groups in total. The number of rotatable bonds is 7. The number of aryl methyl sites for hydroxylation is 1. The van der Waals surface area contributed by atoms with Gasteiger partial charge in [-0.25, -0.2) is 9.97 Å². The molecule has 4 aromatic rings. The number of ether oxygens (including phenoxy) is 2. The van der Waals surface area contributed by atoms with E-state index in [1.807, 2.05) is 41.0 Å². The summed E-state index contributed by atoms with van der Waals surface area (Å²) >= 11 is 0. The Hall–Kier alpha value is -3.22. The molecule has 6 heteroatoms. The molecule has 0 amide bonds. The van der Waals surface area contributed by atoms with E-state index in [2.05, 4.69) is 41.2 Å². The highest BCUT2D eigenvalue weighted by Crippen LogP contribution is 2.26. The molecule has 0 aliphatic rings. The number of benzene rings is 2. The molecular formula is C23H23N3O3. The molecule has 1 unspecified atom stereocenters. The van der Waals surface area contributed by atoms with Crippen molar-refractivity contribution in [3.05, 3.63) is 89.4 Å². The molecule has 2 aromatic heterocycles. The number of aliphatic hydroxyl groups is 1. The van der Waals surface area contributed by atoms with Crippen molar-refractivity contribution in [3.8, 4) is 5.75 Å². The molecule has 148 valence electrons. The lowest BCUT2D eigenvalue weighted by atomic mass is 10.1. The predicted octanol–water partition coefficient (Wildman–Crippen LogP) is 4.00. The summed E-state index contributed by atoms with van der Waals surface area (Å²) in [7, 11) is 1.61. The molecule has 2 heterocycles. The molecule has 1 atom stereocenters. The average molecular weight is 389 g/mol. The minimum atomic E-state index is -0.898. The fourth-order valence-corrected chi connectivity index (χ4v) is 3.20. The largest absolute Gasteiger partial charge is 0.489 e. The third-order valence-corrected chi connectivity index (χ3v) is 4.78. The van der Waals surface area contributed by atoms with Crippen molar-refractivity contribution in [2.45, 2.75) is 26.4 Å². The summed E-state index contributed by atoms with van der Waals surface area (Å²) in [4.78, 5) is 8.78. The normalized spacial score (nSPS) is 12.2. The molecule has 2 aromatic carbocycles. The molecule has 6 nitrogen and oxygen atoms in total. The van der Waals surface area contributed by atoms with Crippen LogP contribution in [-0.2, 0) is 18.1 Å². The maximum Gasteiger partial charge on any atom is 0.178 e. The summed E-state index contributed by atoms with van der Waals surface area (Å²) in [6, 6.07) is 19.4. The number of aromatic nitrogens is 3. The van der Waals surface area contributed by atoms with Gasteiger partial charge in [0, 0.05) is 13.3 Å². The van der Waals surface area contributed by atoms with Gasteiger partial charge in [-0.2, -0.15) is 0 Å². The van der Waals surface area contributed by atoms with Crippen LogP contribution in [0.15, 0.2) is 66.9 Å². The van der Waals surface area contributed by atoms with Crippen LogP contribution in [0.1, 0.15) is 28.6 Å². The van der Waals surface area contributed by atoms with Crippen molar-refractivity contribution >= 4 is 11.2 Å². The van der Waals surface area contributed by atoms with E-state index in [1.54, 1.807) is 13.3 Å². The van der Waals surface area contributed by atoms with E-state index in [-0.39, 0.29) is 6.73 Å². The number of hydrogen-bond acceptors (Lipinski definition) is 5. The van der Waals surface area contributed by atoms with Crippen molar-refractivity contribution in [1.82, 2.24) is 14.5 Å². The van der Waals surface area contributed by atoms with E-state index in [4.69, 9.17) is 9.47 Å². The second-order valence-corrected chi connectivity index (χ2v) is 6.91. The average Bonchev–Trinajstić information content (AvgIpc) is 3.12. The Kier molecular flexibility index (Phi) is 5.55. The highest BCUT2D eigenvalue weighted by atomic mass is 16.5. The van der Waals surface area contributed by atoms with Crippen LogP contribution in [0.2, 0.25) is 0 Å². The van der Waals surface area contributed by atoms with E-state index in [0.717, 1.165) is 22.4 Å². The first-order chi connectivity index (χ1) is 14.2. The van der Waals surface area contributed by atoms with E-state index in [9.17, 15) is 5.11 Å². The van der Waals surface area contributed by atoms with Crippen LogP contribution >= 0.6 is 0 Å². The number of pyridine rings is 1. The second kappa shape index (κ2) is 8.43. The zero-order valence-corrected chi connectivity index (χ0v) is 16.4. The molecule has 0 aliphatic carbocycles. The minimum Gasteiger partial charge on any atom is -0.489 e. The van der Waals surface area contributed by atoms with Crippen molar-refractivity contribution < 1.29 is 14.6 Å². The number of hydrogen-bond donors (Lipinski definition) is 1. The first kappa shape index (κ1) is 19.1. The number of nitrogens with zero attached hydrogens (tertiary/aromatic N) is 3. The molecular weight excluding hydrogens is 366 g/mol. The fourth-order valence-electron chi connectivity index (χ4n) is 3.20. The summed E-state index contributed by atoms with van der Waals surface area (Å²) in [6.45, 7) is 2.84. The molecule has 4 rings (SSSR count). The van der Waals surface area contributed by atoms with Gasteiger partial charge >= 0.3 is 0 Å². The number of imidazole rings is 1. The van der Waals surface area contributed by atoms with E-state index < -0.39 is 6.10 Å². The molecule has 0 bridgehead atoms. The monoisotopic (exact) mass is 389 g/mol. The SMILES string of the molecule is COCn1c(C(O)c2ccc(OCc3ccc(C)cc3)cc2)nc2ncccc21. The smallest absolute Gasteiger partial charge is 0.178 e. The molecule has 29 heavy (non-hydrogen) atoms. The van der Waals surface area contributed by atoms with Gasteiger partial charge in [0.2, 0.25) is 0 Å². The molecule has 0 aliphatic heterocycles. The van der Waals surface area contributed by atoms with Crippen molar-refractivity contribution in [1.29, 1.82) is 0 Å². The number of methoxy groups -OCH3 is 1. The Balaban J connectivity index is 1.52. The highest BCUT2D eigenvalue weighted by molar-refractivity contribution is 5.71. The molecule has 0 saturated carbocycles. The zero-order chi connectivity index (χ0) is 20.2. The van der Waals surface area contributed by atoms with Gasteiger partial charge in [0.05, 0.1) is 5.52 Å². The van der Waals surface area contributed by atoms with Crippen molar-refractivity contribution in [2.75, 3.05) is 7.11 Å². The first-order valence-corrected chi connectivity index (χ1v) is 9.42. The lowest BCUT2D eigenvalue weighted by Crippen LogP contribution is -2.11. The lowest BCUT2D eigenvalue weighted by molar-refractivity contribution is 0.120. The standard InChI is InChI=1S/C23H23N3O3/c1-16-5-7-17(8-6-16)14-29-19-11-9-18(10-12-19)21(27)23-25-22-20(4-3-13-24-22)26(23)15-28-2/h3-13,21,27H,14-15H2,1-2H3. The van der Waals surface area contributed by atoms with Crippen LogP contribution in [0.25, 0.3) is 11.2 Å². The Morgan fingerprint density at radius 2 is 1.79 bits per heavy atom. The summed E-state index contributed by atoms with van der Waals surface area (Å²) < 4.78 is 13.0. The Morgan fingerprint density at radius 3 is 2.52 bits per heavy atom. The van der Waals surface area contributed by atoms with Crippen LogP contribution in [-0.4, -0.2) is 26.8 Å². The maximum atomic E-state index is 10.9. The van der Waals surface area contributed by atoms with Crippen LogP contribution in [0.5, 0.6) is 5.75 Å². The third-order valence-electron chi connectivity index (χ3n) is 4.78. The second-order valence-electron chi connectivity index (χ2n) is 6.91. The molecule has 0 fully saturated rings. The maximum absolute atomic E-state index is 10.9. The van der Waals surface area contributed by atoms with Crippen molar-refractivity contribution in [2.24, 2.45) is 0 Å². The predicted molar refractivity (Wildman–Crippen MR) is 111 cm³/mol. The van der Waals surface area contributed by atoms with Gasteiger partial charge in [-0.15, -0.1) is 0 Å². The number of aliphatic hydroxyl groups excluding tert-OH is 1. The highest BCUT2D eigenvalue weighted by Gasteiger charge is 2.20. The summed E-state index contributed by atoms with van der Waals surface area (Å²) in [5, 5.41) is 10.9. The van der Waals surface area contributed by atoms with Gasteiger partial charge in [0.15, 0.2) is 5.65 Å². The van der Waals surface area contributed by atoms with Crippen LogP contribution in [0, 0.1) is 6.92 Å². The van der Waals surface area contributed by atoms with Gasteiger partial charge in [-0.05, 0) is 42.3 Å². The lowest BCUT2D eigenvalue weighted by Gasteiger charge is -2.14.